The van der Waals surface area contributed by atoms with Gasteiger partial charge < -0.3 is 9.88 Å². The molecule has 1 aromatic heterocycles. The Kier molecular flexibility index (Phi) is 2.74. The van der Waals surface area contributed by atoms with Gasteiger partial charge in [0.25, 0.3) is 0 Å². The number of hydrogen-bond acceptors (Lipinski definition) is 2. The van der Waals surface area contributed by atoms with Crippen LogP contribution in [0.15, 0.2) is 12.5 Å². The Labute approximate surface area is 131 Å². The van der Waals surface area contributed by atoms with Crippen LogP contribution in [0.1, 0.15) is 56.6 Å². The van der Waals surface area contributed by atoms with Gasteiger partial charge in [-0.2, -0.15) is 0 Å². The first-order chi connectivity index (χ1) is 10.7. The van der Waals surface area contributed by atoms with Crippen LogP contribution in [-0.2, 0) is 4.79 Å². The van der Waals surface area contributed by atoms with Crippen molar-refractivity contribution in [3.8, 4) is 0 Å². The van der Waals surface area contributed by atoms with Crippen LogP contribution < -0.4 is 0 Å². The van der Waals surface area contributed by atoms with Gasteiger partial charge in [0.15, 0.2) is 0 Å². The molecule has 4 bridgehead atoms. The number of aromatic amines is 1. The number of nitrogens with one attached hydrogen (secondary N) is 1. The van der Waals surface area contributed by atoms with Gasteiger partial charge in [0, 0.05) is 30.4 Å². The van der Waals surface area contributed by atoms with E-state index < -0.39 is 0 Å². The Bertz CT molecular complexity index is 532. The molecule has 6 rings (SSSR count). The maximum Gasteiger partial charge on any atom is 0.209 e. The maximum atomic E-state index is 11.7. The fourth-order valence-electron chi connectivity index (χ4n) is 6.46. The second-order valence-corrected chi connectivity index (χ2v) is 8.61. The second kappa shape index (κ2) is 4.59. The minimum atomic E-state index is 0.408. The van der Waals surface area contributed by atoms with Crippen LogP contribution >= 0.6 is 0 Å². The van der Waals surface area contributed by atoms with E-state index in [-0.39, 0.29) is 0 Å². The minimum absolute atomic E-state index is 0.408. The molecule has 5 aliphatic rings. The van der Waals surface area contributed by atoms with Gasteiger partial charge >= 0.3 is 0 Å². The number of rotatable bonds is 5. The van der Waals surface area contributed by atoms with Crippen molar-refractivity contribution >= 4 is 6.41 Å². The molecular weight excluding hydrogens is 274 g/mol. The largest absolute Gasteiger partial charge is 0.348 e. The number of carbonyl (C=O) groups is 1. The van der Waals surface area contributed by atoms with Gasteiger partial charge in [-0.3, -0.25) is 4.79 Å². The number of aromatic nitrogens is 2. The minimum Gasteiger partial charge on any atom is -0.348 e. The fraction of sp³-hybridized carbons (Fsp3) is 0.778. The molecule has 1 N–H and O–H groups in total. The zero-order chi connectivity index (χ0) is 14.7. The molecule has 0 saturated heterocycles. The SMILES string of the molecule is O=CN(CC12CC3CC(CC(C3)C1)C2)[C@@H]1C[C@H]1c1cnc[nH]1. The molecule has 0 aromatic carbocycles. The van der Waals surface area contributed by atoms with E-state index in [0.29, 0.717) is 17.4 Å². The average molecular weight is 299 g/mol. The van der Waals surface area contributed by atoms with Gasteiger partial charge in [-0.15, -0.1) is 0 Å². The van der Waals surface area contributed by atoms with Gasteiger partial charge in [-0.1, -0.05) is 0 Å². The average Bonchev–Trinajstić information content (AvgIpc) is 3.08. The highest BCUT2D eigenvalue weighted by molar-refractivity contribution is 5.50. The number of H-pyrrole nitrogens is 1. The van der Waals surface area contributed by atoms with Crippen LogP contribution in [0.4, 0.5) is 0 Å². The molecule has 4 nitrogen and oxygen atoms in total. The topological polar surface area (TPSA) is 49.0 Å². The van der Waals surface area contributed by atoms with Crippen molar-refractivity contribution in [2.75, 3.05) is 6.54 Å². The van der Waals surface area contributed by atoms with Crippen molar-refractivity contribution in [2.24, 2.45) is 23.2 Å². The first-order valence-electron chi connectivity index (χ1n) is 8.94. The van der Waals surface area contributed by atoms with Crippen molar-refractivity contribution in [3.63, 3.8) is 0 Å². The lowest BCUT2D eigenvalue weighted by Crippen LogP contribution is -2.51. The van der Waals surface area contributed by atoms with Crippen LogP contribution in [0.5, 0.6) is 0 Å². The summed E-state index contributed by atoms with van der Waals surface area (Å²) in [6.07, 6.45) is 14.4. The van der Waals surface area contributed by atoms with Crippen LogP contribution in [0.25, 0.3) is 0 Å². The van der Waals surface area contributed by atoms with Gasteiger partial charge in [0.05, 0.1) is 6.33 Å². The van der Waals surface area contributed by atoms with E-state index in [1.807, 2.05) is 6.20 Å². The predicted octanol–water partition coefficient (Wildman–Crippen LogP) is 2.94. The van der Waals surface area contributed by atoms with Crippen LogP contribution in [0.3, 0.4) is 0 Å². The molecule has 0 unspecified atom stereocenters. The third-order valence-corrected chi connectivity index (χ3v) is 6.92. The number of nitrogens with zero attached hydrogens (tertiary/aromatic N) is 2. The number of carbonyl (C=O) groups excluding carboxylic acids is 1. The first-order valence-corrected chi connectivity index (χ1v) is 8.94. The Hall–Kier alpha value is -1.32. The van der Waals surface area contributed by atoms with Crippen LogP contribution in [-0.4, -0.2) is 33.9 Å². The molecule has 0 aliphatic heterocycles. The molecular formula is C18H25N3O. The van der Waals surface area contributed by atoms with Crippen molar-refractivity contribution < 1.29 is 4.79 Å². The normalized spacial score (nSPS) is 45.0. The zero-order valence-electron chi connectivity index (χ0n) is 13.1. The van der Waals surface area contributed by atoms with Gasteiger partial charge in [0.1, 0.15) is 0 Å². The highest BCUT2D eigenvalue weighted by Crippen LogP contribution is 2.60. The summed E-state index contributed by atoms with van der Waals surface area (Å²) in [6, 6.07) is 0.408. The molecule has 0 spiro atoms. The molecule has 118 valence electrons. The third-order valence-electron chi connectivity index (χ3n) is 6.92. The van der Waals surface area contributed by atoms with Gasteiger partial charge in [0.2, 0.25) is 6.41 Å². The van der Waals surface area contributed by atoms with E-state index >= 15 is 0 Å². The fourth-order valence-corrected chi connectivity index (χ4v) is 6.46. The first kappa shape index (κ1) is 13.1. The maximum absolute atomic E-state index is 11.7. The van der Waals surface area contributed by atoms with Gasteiger partial charge in [-0.25, -0.2) is 4.98 Å². The molecule has 5 aliphatic carbocycles. The standard InChI is InChI=1S/C18H25N3O/c22-11-21(17-4-15(17)16-8-19-10-20-16)9-18-5-12-1-13(6-18)3-14(2-12)7-18/h8,10-15,17H,1-7,9H2,(H,19,20)/t12?,13?,14?,15-,17+,18?/m0/s1. The van der Waals surface area contributed by atoms with Crippen molar-refractivity contribution in [3.05, 3.63) is 18.2 Å². The summed E-state index contributed by atoms with van der Waals surface area (Å²) < 4.78 is 0. The molecule has 0 radical (unpaired) electrons. The zero-order valence-corrected chi connectivity index (χ0v) is 13.1. The molecule has 2 atom stereocenters. The third kappa shape index (κ3) is 2.03. The summed E-state index contributed by atoms with van der Waals surface area (Å²) >= 11 is 0. The Morgan fingerprint density at radius 2 is 1.86 bits per heavy atom. The molecule has 5 fully saturated rings. The molecule has 5 saturated carbocycles. The predicted molar refractivity (Wildman–Crippen MR) is 83.1 cm³/mol. The molecule has 1 amide bonds. The van der Waals surface area contributed by atoms with Gasteiger partial charge in [-0.05, 0) is 68.1 Å². The summed E-state index contributed by atoms with van der Waals surface area (Å²) in [5.74, 6) is 3.37. The van der Waals surface area contributed by atoms with Crippen LogP contribution in [0.2, 0.25) is 0 Å². The van der Waals surface area contributed by atoms with Crippen LogP contribution in [0, 0.1) is 23.2 Å². The van der Waals surface area contributed by atoms with E-state index in [4.69, 9.17) is 0 Å². The molecule has 4 heteroatoms. The summed E-state index contributed by atoms with van der Waals surface area (Å²) in [5, 5.41) is 0. The number of imidazole rings is 1. The lowest BCUT2D eigenvalue weighted by atomic mass is 9.49. The number of hydrogen-bond donors (Lipinski definition) is 1. The number of amides is 1. The smallest absolute Gasteiger partial charge is 0.209 e. The second-order valence-electron chi connectivity index (χ2n) is 8.61. The van der Waals surface area contributed by atoms with E-state index in [9.17, 15) is 4.79 Å². The summed E-state index contributed by atoms with van der Waals surface area (Å²) in [7, 11) is 0. The van der Waals surface area contributed by atoms with E-state index in [1.54, 1.807) is 6.33 Å². The molecule has 1 heterocycles. The Morgan fingerprint density at radius 1 is 1.18 bits per heavy atom. The van der Waals surface area contributed by atoms with Crippen molar-refractivity contribution in [1.29, 1.82) is 0 Å². The van der Waals surface area contributed by atoms with E-state index in [0.717, 1.165) is 37.1 Å². The highest BCUT2D eigenvalue weighted by atomic mass is 16.1. The van der Waals surface area contributed by atoms with E-state index in [1.165, 1.54) is 44.2 Å². The molecule has 1 aromatic rings. The summed E-state index contributed by atoms with van der Waals surface area (Å²) in [5.41, 5.74) is 1.65. The lowest BCUT2D eigenvalue weighted by Gasteiger charge is -2.57. The summed E-state index contributed by atoms with van der Waals surface area (Å²) in [6.45, 7) is 1.01. The Morgan fingerprint density at radius 3 is 2.41 bits per heavy atom. The Balaban J connectivity index is 1.31. The van der Waals surface area contributed by atoms with E-state index in [2.05, 4.69) is 14.9 Å². The molecule has 22 heavy (non-hydrogen) atoms. The highest BCUT2D eigenvalue weighted by Gasteiger charge is 2.53. The van der Waals surface area contributed by atoms with Crippen molar-refractivity contribution in [1.82, 2.24) is 14.9 Å². The lowest BCUT2D eigenvalue weighted by molar-refractivity contribution is -0.125. The monoisotopic (exact) mass is 299 g/mol. The quantitative estimate of drug-likeness (QED) is 0.850. The van der Waals surface area contributed by atoms with Crippen molar-refractivity contribution in [2.45, 2.75) is 56.9 Å². The summed E-state index contributed by atoms with van der Waals surface area (Å²) in [4.78, 5) is 21.2.